The lowest BCUT2D eigenvalue weighted by Gasteiger charge is -1.97. The average Bonchev–Trinajstić information content (AvgIpc) is 2.08. The second kappa shape index (κ2) is 1.98. The Hall–Kier alpha value is -0.580. The molecular weight excluding hydrogens is 151 g/mol. The molecule has 0 unspecified atom stereocenters. The lowest BCUT2D eigenvalue weighted by molar-refractivity contribution is -0.140. The van der Waals surface area contributed by atoms with Crippen molar-refractivity contribution in [3.63, 3.8) is 0 Å². The summed E-state index contributed by atoms with van der Waals surface area (Å²) in [4.78, 5) is 0. The van der Waals surface area contributed by atoms with Gasteiger partial charge in [0.15, 0.2) is 5.69 Å². The van der Waals surface area contributed by atoms with Gasteiger partial charge in [0.25, 0.3) is 0 Å². The second-order valence-electron chi connectivity index (χ2n) is 1.31. The van der Waals surface area contributed by atoms with Gasteiger partial charge in [-0.25, -0.2) is 0 Å². The molecule has 0 aliphatic carbocycles. The summed E-state index contributed by atoms with van der Waals surface area (Å²) in [5.41, 5.74) is -0.938. The minimum absolute atomic E-state index is 0.741. The van der Waals surface area contributed by atoms with E-state index in [1.165, 1.54) is 5.38 Å². The Bertz CT molecular complexity index is 178. The van der Waals surface area contributed by atoms with Crippen molar-refractivity contribution in [2.75, 3.05) is 0 Å². The first kappa shape index (κ1) is 6.54. The van der Waals surface area contributed by atoms with Gasteiger partial charge in [-0.1, -0.05) is 0 Å². The van der Waals surface area contributed by atoms with E-state index in [9.17, 15) is 13.2 Å². The predicted molar refractivity (Wildman–Crippen MR) is 26.0 cm³/mol. The molecule has 49 valence electrons. The Balaban J connectivity index is 2.90. The third-order valence-corrected chi connectivity index (χ3v) is 1.17. The monoisotopic (exact) mass is 152 g/mol. The molecule has 9 heavy (non-hydrogen) atoms. The quantitative estimate of drug-likeness (QED) is 0.553. The first-order chi connectivity index (χ1) is 4.11. The summed E-state index contributed by atoms with van der Waals surface area (Å²) in [6, 6.07) is 1.96. The van der Waals surface area contributed by atoms with E-state index < -0.39 is 11.9 Å². The molecule has 0 saturated carbocycles. The molecule has 1 radical (unpaired) electrons. The molecule has 0 fully saturated rings. The third kappa shape index (κ3) is 1.41. The number of hydrogen-bond acceptors (Lipinski definition) is 2. The Labute approximate surface area is 53.3 Å². The van der Waals surface area contributed by atoms with E-state index >= 15 is 0 Å². The van der Waals surface area contributed by atoms with E-state index in [2.05, 4.69) is 4.37 Å². The number of alkyl halides is 3. The Kier molecular flexibility index (Phi) is 1.44. The van der Waals surface area contributed by atoms with Crippen LogP contribution in [0.1, 0.15) is 5.69 Å². The molecule has 0 aromatic carbocycles. The molecule has 1 aromatic heterocycles. The first-order valence-electron chi connectivity index (χ1n) is 2.00. The fourth-order valence-electron chi connectivity index (χ4n) is 0.321. The number of rotatable bonds is 0. The molecule has 0 atom stereocenters. The van der Waals surface area contributed by atoms with Crippen molar-refractivity contribution in [1.82, 2.24) is 4.37 Å². The maximum Gasteiger partial charge on any atom is 0.435 e. The Morgan fingerprint density at radius 2 is 2.22 bits per heavy atom. The fraction of sp³-hybridized carbons (Fsp3) is 0.250. The highest BCUT2D eigenvalue weighted by molar-refractivity contribution is 7.03. The van der Waals surface area contributed by atoms with Crippen LogP contribution in [-0.2, 0) is 6.18 Å². The molecule has 0 N–H and O–H groups in total. The Morgan fingerprint density at radius 1 is 1.56 bits per heavy atom. The van der Waals surface area contributed by atoms with E-state index in [1.54, 1.807) is 0 Å². The molecule has 1 rings (SSSR count). The maximum absolute atomic E-state index is 11.5. The fourth-order valence-corrected chi connectivity index (χ4v) is 0.800. The molecular formula is C4HF3NS. The predicted octanol–water partition coefficient (Wildman–Crippen LogP) is 1.96. The van der Waals surface area contributed by atoms with E-state index in [-0.39, 0.29) is 0 Å². The lowest BCUT2D eigenvalue weighted by atomic mass is 10.4. The van der Waals surface area contributed by atoms with Crippen LogP contribution in [0.2, 0.25) is 0 Å². The SMILES string of the molecule is FC(F)(F)c1[c]csn1. The lowest BCUT2D eigenvalue weighted by Crippen LogP contribution is -2.04. The van der Waals surface area contributed by atoms with Crippen LogP contribution < -0.4 is 0 Å². The van der Waals surface area contributed by atoms with Crippen LogP contribution in [0.15, 0.2) is 5.38 Å². The van der Waals surface area contributed by atoms with Crippen molar-refractivity contribution < 1.29 is 13.2 Å². The molecule has 0 bridgehead atoms. The zero-order chi connectivity index (χ0) is 6.91. The smallest absolute Gasteiger partial charge is 0.187 e. The van der Waals surface area contributed by atoms with Crippen molar-refractivity contribution in [2.45, 2.75) is 6.18 Å². The van der Waals surface area contributed by atoms with Crippen molar-refractivity contribution in [3.8, 4) is 0 Å². The second-order valence-corrected chi connectivity index (χ2v) is 1.93. The highest BCUT2D eigenvalue weighted by atomic mass is 32.1. The van der Waals surface area contributed by atoms with E-state index in [0.29, 0.717) is 0 Å². The molecule has 1 aromatic rings. The van der Waals surface area contributed by atoms with Gasteiger partial charge in [0.1, 0.15) is 0 Å². The molecule has 1 nitrogen and oxygen atoms in total. The van der Waals surface area contributed by atoms with Crippen LogP contribution in [0.25, 0.3) is 0 Å². The third-order valence-electron chi connectivity index (χ3n) is 0.661. The van der Waals surface area contributed by atoms with Crippen LogP contribution in [-0.4, -0.2) is 4.37 Å². The summed E-state index contributed by atoms with van der Waals surface area (Å²) >= 11 is 0.741. The van der Waals surface area contributed by atoms with E-state index in [0.717, 1.165) is 11.5 Å². The van der Waals surface area contributed by atoms with Gasteiger partial charge in [-0.3, -0.25) is 0 Å². The van der Waals surface area contributed by atoms with Crippen molar-refractivity contribution in [3.05, 3.63) is 17.1 Å². The van der Waals surface area contributed by atoms with Crippen LogP contribution in [0.3, 0.4) is 0 Å². The summed E-state index contributed by atoms with van der Waals surface area (Å²) < 4.78 is 37.7. The van der Waals surface area contributed by atoms with Crippen LogP contribution >= 0.6 is 11.5 Å². The molecule has 0 spiro atoms. The number of halogens is 3. The highest BCUT2D eigenvalue weighted by Gasteiger charge is 2.32. The van der Waals surface area contributed by atoms with Gasteiger partial charge < -0.3 is 0 Å². The van der Waals surface area contributed by atoms with Crippen molar-refractivity contribution in [2.24, 2.45) is 0 Å². The molecule has 1 heterocycles. The normalized spacial score (nSPS) is 11.9. The average molecular weight is 152 g/mol. The van der Waals surface area contributed by atoms with Gasteiger partial charge >= 0.3 is 6.18 Å². The molecule has 5 heteroatoms. The molecule has 0 aliphatic rings. The summed E-state index contributed by atoms with van der Waals surface area (Å²) in [5, 5.41) is 1.17. The standard InChI is InChI=1S/C4HF3NS/c5-4(6,7)3-1-2-9-8-3/h2H. The zero-order valence-corrected chi connectivity index (χ0v) is 4.88. The molecule has 0 amide bonds. The largest absolute Gasteiger partial charge is 0.435 e. The number of nitrogens with zero attached hydrogens (tertiary/aromatic N) is 1. The molecule has 0 saturated heterocycles. The van der Waals surface area contributed by atoms with E-state index in [4.69, 9.17) is 0 Å². The molecule has 0 aliphatic heterocycles. The van der Waals surface area contributed by atoms with Crippen LogP contribution in [0.5, 0.6) is 0 Å². The Morgan fingerprint density at radius 3 is 2.44 bits per heavy atom. The van der Waals surface area contributed by atoms with Gasteiger partial charge in [0, 0.05) is 11.4 Å². The van der Waals surface area contributed by atoms with Crippen molar-refractivity contribution >= 4 is 11.5 Å². The van der Waals surface area contributed by atoms with Gasteiger partial charge in [0.2, 0.25) is 0 Å². The number of hydrogen-bond donors (Lipinski definition) is 0. The van der Waals surface area contributed by atoms with Gasteiger partial charge in [-0.05, 0) is 11.5 Å². The topological polar surface area (TPSA) is 12.9 Å². The van der Waals surface area contributed by atoms with Crippen LogP contribution in [0.4, 0.5) is 13.2 Å². The zero-order valence-electron chi connectivity index (χ0n) is 4.07. The maximum atomic E-state index is 11.5. The number of aromatic nitrogens is 1. The summed E-state index contributed by atoms with van der Waals surface area (Å²) in [5.74, 6) is 0. The highest BCUT2D eigenvalue weighted by Crippen LogP contribution is 2.27. The minimum atomic E-state index is -4.33. The van der Waals surface area contributed by atoms with Crippen molar-refractivity contribution in [1.29, 1.82) is 0 Å². The summed E-state index contributed by atoms with van der Waals surface area (Å²) in [6.07, 6.45) is -4.33. The van der Waals surface area contributed by atoms with Gasteiger partial charge in [-0.2, -0.15) is 17.5 Å². The van der Waals surface area contributed by atoms with E-state index in [1.807, 2.05) is 6.07 Å². The summed E-state index contributed by atoms with van der Waals surface area (Å²) in [6.45, 7) is 0. The van der Waals surface area contributed by atoms with Gasteiger partial charge in [0.05, 0.1) is 0 Å². The van der Waals surface area contributed by atoms with Gasteiger partial charge in [-0.15, -0.1) is 0 Å². The summed E-state index contributed by atoms with van der Waals surface area (Å²) in [7, 11) is 0. The van der Waals surface area contributed by atoms with Crippen LogP contribution in [0, 0.1) is 6.07 Å². The first-order valence-corrected chi connectivity index (χ1v) is 2.83. The minimum Gasteiger partial charge on any atom is -0.187 e.